The molecule has 3 heterocycles. The van der Waals surface area contributed by atoms with Crippen LogP contribution in [0.25, 0.3) is 22.3 Å². The molecular weight excluding hydrogens is 359 g/mol. The quantitative estimate of drug-likeness (QED) is 0.759. The van der Waals surface area contributed by atoms with E-state index in [2.05, 4.69) is 4.98 Å². The summed E-state index contributed by atoms with van der Waals surface area (Å²) < 4.78 is 15.8. The van der Waals surface area contributed by atoms with Crippen LogP contribution in [-0.4, -0.2) is 39.4 Å². The monoisotopic (exact) mass is 380 g/mol. The third-order valence-corrected chi connectivity index (χ3v) is 5.39. The summed E-state index contributed by atoms with van der Waals surface area (Å²) in [5.41, 5.74) is 7.89. The van der Waals surface area contributed by atoms with Crippen molar-refractivity contribution in [3.8, 4) is 11.4 Å². The summed E-state index contributed by atoms with van der Waals surface area (Å²) in [6, 6.07) is 9.83. The normalized spacial score (nSPS) is 15.1. The van der Waals surface area contributed by atoms with Gasteiger partial charge < -0.3 is 15.2 Å². The van der Waals surface area contributed by atoms with E-state index >= 15 is 0 Å². The Bertz CT molecular complexity index is 1070. The first kappa shape index (κ1) is 18.2. The molecule has 1 aliphatic heterocycles. The molecule has 1 saturated heterocycles. The van der Waals surface area contributed by atoms with E-state index in [9.17, 15) is 14.0 Å². The van der Waals surface area contributed by atoms with Crippen molar-refractivity contribution in [3.05, 3.63) is 54.0 Å². The molecule has 144 valence electrons. The number of primary amides is 1. The molecule has 2 N–H and O–H groups in total. The highest BCUT2D eigenvalue weighted by molar-refractivity contribution is 6.07. The van der Waals surface area contributed by atoms with Gasteiger partial charge in [-0.2, -0.15) is 0 Å². The van der Waals surface area contributed by atoms with Crippen LogP contribution in [-0.2, 0) is 11.8 Å². The Hall–Kier alpha value is -3.22. The summed E-state index contributed by atoms with van der Waals surface area (Å²) >= 11 is 0. The molecule has 28 heavy (non-hydrogen) atoms. The molecule has 0 aliphatic carbocycles. The smallest absolute Gasteiger partial charge is 0.254 e. The molecule has 0 bridgehead atoms. The highest BCUT2D eigenvalue weighted by Crippen LogP contribution is 2.28. The molecule has 7 heteroatoms. The SMILES string of the molecule is Cn1cccc1-c1cc(C(=O)N2CCC(C(N)=O)CC2)c2cc(F)ccc2n1. The molecular formula is C21H21FN4O2. The van der Waals surface area contributed by atoms with Crippen molar-refractivity contribution in [2.75, 3.05) is 13.1 Å². The largest absolute Gasteiger partial charge is 0.369 e. The summed E-state index contributed by atoms with van der Waals surface area (Å²) in [7, 11) is 1.90. The average molecular weight is 380 g/mol. The lowest BCUT2D eigenvalue weighted by molar-refractivity contribution is -0.123. The number of piperidine rings is 1. The number of halogens is 1. The van der Waals surface area contributed by atoms with Crippen molar-refractivity contribution in [1.29, 1.82) is 0 Å². The Morgan fingerprint density at radius 2 is 1.93 bits per heavy atom. The number of likely N-dealkylation sites (tertiary alicyclic amines) is 1. The molecule has 3 aromatic rings. The molecule has 0 unspecified atom stereocenters. The lowest BCUT2D eigenvalue weighted by atomic mass is 9.95. The van der Waals surface area contributed by atoms with Gasteiger partial charge in [0.2, 0.25) is 5.91 Å². The van der Waals surface area contributed by atoms with Crippen LogP contribution in [0.5, 0.6) is 0 Å². The van der Waals surface area contributed by atoms with Crippen LogP contribution >= 0.6 is 0 Å². The fraction of sp³-hybridized carbons (Fsp3) is 0.286. The molecule has 6 nitrogen and oxygen atoms in total. The molecule has 1 fully saturated rings. The standard InChI is InChI=1S/C21H21FN4O2/c1-25-8-2-3-19(25)18-12-16(15-11-14(22)4-5-17(15)24-18)21(28)26-9-6-13(7-10-26)20(23)27/h2-5,8,11-13H,6-7,9-10H2,1H3,(H2,23,27). The van der Waals surface area contributed by atoms with E-state index in [-0.39, 0.29) is 17.7 Å². The van der Waals surface area contributed by atoms with Crippen LogP contribution in [0.3, 0.4) is 0 Å². The summed E-state index contributed by atoms with van der Waals surface area (Å²) in [5.74, 6) is -1.12. The molecule has 0 saturated carbocycles. The lowest BCUT2D eigenvalue weighted by Crippen LogP contribution is -2.41. The Morgan fingerprint density at radius 1 is 1.18 bits per heavy atom. The van der Waals surface area contributed by atoms with Gasteiger partial charge in [-0.1, -0.05) is 0 Å². The maximum Gasteiger partial charge on any atom is 0.254 e. The molecule has 0 radical (unpaired) electrons. The first-order valence-electron chi connectivity index (χ1n) is 9.24. The summed E-state index contributed by atoms with van der Waals surface area (Å²) in [5, 5.41) is 0.486. The van der Waals surface area contributed by atoms with Crippen molar-refractivity contribution < 1.29 is 14.0 Å². The lowest BCUT2D eigenvalue weighted by Gasteiger charge is -2.31. The fourth-order valence-electron chi connectivity index (χ4n) is 3.77. The number of aryl methyl sites for hydroxylation is 1. The molecule has 0 spiro atoms. The van der Waals surface area contributed by atoms with Gasteiger partial charge in [0.05, 0.1) is 22.5 Å². The second kappa shape index (κ2) is 7.07. The number of carbonyl (C=O) groups excluding carboxylic acids is 2. The van der Waals surface area contributed by atoms with Gasteiger partial charge in [0.15, 0.2) is 0 Å². The van der Waals surface area contributed by atoms with Crippen LogP contribution < -0.4 is 5.73 Å². The van der Waals surface area contributed by atoms with E-state index in [0.29, 0.717) is 48.1 Å². The number of carbonyl (C=O) groups is 2. The van der Waals surface area contributed by atoms with Gasteiger partial charge in [0, 0.05) is 37.6 Å². The molecule has 1 aromatic carbocycles. The van der Waals surface area contributed by atoms with E-state index < -0.39 is 5.82 Å². The third kappa shape index (κ3) is 3.24. The van der Waals surface area contributed by atoms with E-state index in [1.165, 1.54) is 12.1 Å². The Kier molecular flexibility index (Phi) is 4.58. The number of benzene rings is 1. The third-order valence-electron chi connectivity index (χ3n) is 5.39. The van der Waals surface area contributed by atoms with Gasteiger partial charge >= 0.3 is 0 Å². The maximum atomic E-state index is 13.9. The van der Waals surface area contributed by atoms with Crippen LogP contribution in [0.2, 0.25) is 0 Å². The number of pyridine rings is 1. The second-order valence-corrected chi connectivity index (χ2v) is 7.19. The van der Waals surface area contributed by atoms with Gasteiger partial charge in [-0.05, 0) is 49.2 Å². The highest BCUT2D eigenvalue weighted by atomic mass is 19.1. The molecule has 1 aliphatic rings. The minimum absolute atomic E-state index is 0.184. The van der Waals surface area contributed by atoms with E-state index in [1.807, 2.05) is 29.9 Å². The van der Waals surface area contributed by atoms with Crippen molar-refractivity contribution in [1.82, 2.24) is 14.5 Å². The minimum Gasteiger partial charge on any atom is -0.369 e. The summed E-state index contributed by atoms with van der Waals surface area (Å²) in [6.45, 7) is 0.899. The predicted molar refractivity (Wildman–Crippen MR) is 104 cm³/mol. The van der Waals surface area contributed by atoms with Crippen LogP contribution in [0, 0.1) is 11.7 Å². The van der Waals surface area contributed by atoms with Crippen molar-refractivity contribution in [2.45, 2.75) is 12.8 Å². The minimum atomic E-state index is -0.414. The van der Waals surface area contributed by atoms with Crippen molar-refractivity contribution >= 4 is 22.7 Å². The maximum absolute atomic E-state index is 13.9. The number of nitrogens with two attached hydrogens (primary N) is 1. The Morgan fingerprint density at radius 3 is 2.57 bits per heavy atom. The number of nitrogens with zero attached hydrogens (tertiary/aromatic N) is 3. The topological polar surface area (TPSA) is 81.2 Å². The Labute approximate surface area is 161 Å². The molecule has 2 aromatic heterocycles. The summed E-state index contributed by atoms with van der Waals surface area (Å²) in [6.07, 6.45) is 2.99. The fourth-order valence-corrected chi connectivity index (χ4v) is 3.77. The van der Waals surface area contributed by atoms with Crippen molar-refractivity contribution in [3.63, 3.8) is 0 Å². The zero-order valence-electron chi connectivity index (χ0n) is 15.6. The van der Waals surface area contributed by atoms with E-state index in [4.69, 9.17) is 5.73 Å². The van der Waals surface area contributed by atoms with Gasteiger partial charge in [0.1, 0.15) is 5.82 Å². The van der Waals surface area contributed by atoms with E-state index in [0.717, 1.165) is 5.69 Å². The molecule has 0 atom stereocenters. The number of hydrogen-bond acceptors (Lipinski definition) is 3. The van der Waals surface area contributed by atoms with E-state index in [1.54, 1.807) is 17.0 Å². The zero-order chi connectivity index (χ0) is 19.8. The number of amides is 2. The number of aromatic nitrogens is 2. The van der Waals surface area contributed by atoms with Gasteiger partial charge in [-0.3, -0.25) is 9.59 Å². The molecule has 4 rings (SSSR count). The van der Waals surface area contributed by atoms with Crippen LogP contribution in [0.15, 0.2) is 42.6 Å². The number of fused-ring (bicyclic) bond motifs is 1. The number of hydrogen-bond donors (Lipinski definition) is 1. The first-order valence-corrected chi connectivity index (χ1v) is 9.24. The zero-order valence-corrected chi connectivity index (χ0v) is 15.6. The van der Waals surface area contributed by atoms with Gasteiger partial charge in [-0.25, -0.2) is 9.37 Å². The Balaban J connectivity index is 1.76. The van der Waals surface area contributed by atoms with Gasteiger partial charge in [0.25, 0.3) is 5.91 Å². The highest BCUT2D eigenvalue weighted by Gasteiger charge is 2.28. The van der Waals surface area contributed by atoms with Crippen LogP contribution in [0.4, 0.5) is 4.39 Å². The van der Waals surface area contributed by atoms with Crippen LogP contribution in [0.1, 0.15) is 23.2 Å². The second-order valence-electron chi connectivity index (χ2n) is 7.19. The average Bonchev–Trinajstić information content (AvgIpc) is 3.12. The van der Waals surface area contributed by atoms with Crippen molar-refractivity contribution in [2.24, 2.45) is 18.7 Å². The number of rotatable bonds is 3. The predicted octanol–water partition coefficient (Wildman–Crippen LogP) is 2.72. The van der Waals surface area contributed by atoms with Gasteiger partial charge in [-0.15, -0.1) is 0 Å². The molecule has 2 amide bonds. The summed E-state index contributed by atoms with van der Waals surface area (Å²) in [4.78, 5) is 31.0. The first-order chi connectivity index (χ1) is 13.4.